The number of rotatable bonds is 5. The van der Waals surface area contributed by atoms with Crippen LogP contribution < -0.4 is 5.32 Å². The van der Waals surface area contributed by atoms with Gasteiger partial charge in [-0.05, 0) is 54.5 Å². The standard InChI is InChI=1S/C18H20ClN/c1-13(14-8-10-17(19)11-9-14)20-12-16-4-2-3-5-18(16)15-6-7-15/h2-5,8-11,13,15,20H,6-7,12H2,1H3. The fourth-order valence-corrected chi connectivity index (χ4v) is 2.75. The highest BCUT2D eigenvalue weighted by molar-refractivity contribution is 6.30. The average molecular weight is 286 g/mol. The van der Waals surface area contributed by atoms with Crippen molar-refractivity contribution in [3.8, 4) is 0 Å². The maximum absolute atomic E-state index is 5.93. The van der Waals surface area contributed by atoms with Gasteiger partial charge in [0, 0.05) is 17.6 Å². The molecule has 1 aliphatic rings. The van der Waals surface area contributed by atoms with E-state index in [9.17, 15) is 0 Å². The van der Waals surface area contributed by atoms with Gasteiger partial charge in [0.25, 0.3) is 0 Å². The second kappa shape index (κ2) is 5.99. The molecule has 2 aromatic carbocycles. The summed E-state index contributed by atoms with van der Waals surface area (Å²) in [7, 11) is 0. The van der Waals surface area contributed by atoms with E-state index in [0.29, 0.717) is 6.04 Å². The van der Waals surface area contributed by atoms with E-state index in [2.05, 4.69) is 48.6 Å². The molecule has 1 atom stereocenters. The SMILES string of the molecule is CC(NCc1ccccc1C1CC1)c1ccc(Cl)cc1. The van der Waals surface area contributed by atoms with E-state index in [-0.39, 0.29) is 0 Å². The monoisotopic (exact) mass is 285 g/mol. The van der Waals surface area contributed by atoms with Crippen LogP contribution in [0.15, 0.2) is 48.5 Å². The van der Waals surface area contributed by atoms with E-state index in [1.54, 1.807) is 0 Å². The molecular weight excluding hydrogens is 266 g/mol. The first-order chi connectivity index (χ1) is 9.74. The fourth-order valence-electron chi connectivity index (χ4n) is 2.62. The van der Waals surface area contributed by atoms with Crippen molar-refractivity contribution < 1.29 is 0 Å². The summed E-state index contributed by atoms with van der Waals surface area (Å²) < 4.78 is 0. The fraction of sp³-hybridized carbons (Fsp3) is 0.333. The van der Waals surface area contributed by atoms with E-state index in [1.807, 2.05) is 12.1 Å². The number of benzene rings is 2. The third kappa shape index (κ3) is 3.23. The lowest BCUT2D eigenvalue weighted by atomic mass is 10.0. The maximum atomic E-state index is 5.93. The molecule has 0 aromatic heterocycles. The second-order valence-corrected chi connectivity index (χ2v) is 6.06. The van der Waals surface area contributed by atoms with Crippen molar-refractivity contribution in [2.75, 3.05) is 0 Å². The first-order valence-electron chi connectivity index (χ1n) is 7.30. The molecule has 1 fully saturated rings. The molecule has 2 heteroatoms. The Balaban J connectivity index is 1.65. The van der Waals surface area contributed by atoms with Crippen LogP contribution in [0.5, 0.6) is 0 Å². The summed E-state index contributed by atoms with van der Waals surface area (Å²) in [5, 5.41) is 4.41. The molecule has 0 saturated heterocycles. The average Bonchev–Trinajstić information content (AvgIpc) is 3.30. The maximum Gasteiger partial charge on any atom is 0.0406 e. The van der Waals surface area contributed by atoms with Crippen LogP contribution >= 0.6 is 11.6 Å². The lowest BCUT2D eigenvalue weighted by Gasteiger charge is -2.16. The largest absolute Gasteiger partial charge is 0.306 e. The molecule has 0 aliphatic heterocycles. The Bertz CT molecular complexity index is 572. The Hall–Kier alpha value is -1.31. The molecule has 1 N–H and O–H groups in total. The summed E-state index contributed by atoms with van der Waals surface area (Å²) in [5.74, 6) is 0.804. The molecule has 1 nitrogen and oxygen atoms in total. The zero-order valence-electron chi connectivity index (χ0n) is 11.8. The highest BCUT2D eigenvalue weighted by Gasteiger charge is 2.25. The summed E-state index contributed by atoms with van der Waals surface area (Å²) in [5.41, 5.74) is 4.25. The minimum Gasteiger partial charge on any atom is -0.306 e. The van der Waals surface area contributed by atoms with Crippen molar-refractivity contribution in [2.45, 2.75) is 38.3 Å². The van der Waals surface area contributed by atoms with E-state index < -0.39 is 0 Å². The van der Waals surface area contributed by atoms with E-state index in [1.165, 1.54) is 29.5 Å². The van der Waals surface area contributed by atoms with Gasteiger partial charge in [-0.1, -0.05) is 48.0 Å². The van der Waals surface area contributed by atoms with Gasteiger partial charge in [-0.15, -0.1) is 0 Å². The molecule has 0 bridgehead atoms. The van der Waals surface area contributed by atoms with Crippen LogP contribution in [0.2, 0.25) is 5.02 Å². The summed E-state index contributed by atoms with van der Waals surface area (Å²) >= 11 is 5.93. The molecule has 0 heterocycles. The third-order valence-electron chi connectivity index (χ3n) is 4.04. The Morgan fingerprint density at radius 1 is 1.10 bits per heavy atom. The molecule has 1 unspecified atom stereocenters. The second-order valence-electron chi connectivity index (χ2n) is 5.63. The lowest BCUT2D eigenvalue weighted by molar-refractivity contribution is 0.572. The van der Waals surface area contributed by atoms with Crippen molar-refractivity contribution in [1.82, 2.24) is 5.32 Å². The van der Waals surface area contributed by atoms with Crippen LogP contribution in [-0.2, 0) is 6.54 Å². The van der Waals surface area contributed by atoms with Crippen LogP contribution in [0.3, 0.4) is 0 Å². The van der Waals surface area contributed by atoms with Gasteiger partial charge in [0.1, 0.15) is 0 Å². The summed E-state index contributed by atoms with van der Waals surface area (Å²) in [6.07, 6.45) is 2.70. The van der Waals surface area contributed by atoms with Crippen molar-refractivity contribution in [2.24, 2.45) is 0 Å². The van der Waals surface area contributed by atoms with E-state index in [0.717, 1.165) is 17.5 Å². The van der Waals surface area contributed by atoms with Crippen molar-refractivity contribution in [3.05, 3.63) is 70.2 Å². The Kier molecular flexibility index (Phi) is 4.09. The van der Waals surface area contributed by atoms with Gasteiger partial charge >= 0.3 is 0 Å². The molecule has 104 valence electrons. The molecule has 1 aliphatic carbocycles. The van der Waals surface area contributed by atoms with Crippen molar-refractivity contribution in [3.63, 3.8) is 0 Å². The third-order valence-corrected chi connectivity index (χ3v) is 4.29. The summed E-state index contributed by atoms with van der Waals surface area (Å²) in [6, 6.07) is 17.2. The highest BCUT2D eigenvalue weighted by atomic mass is 35.5. The molecule has 2 aromatic rings. The molecule has 0 amide bonds. The van der Waals surface area contributed by atoms with Gasteiger partial charge in [0.2, 0.25) is 0 Å². The van der Waals surface area contributed by atoms with Crippen LogP contribution in [0.1, 0.15) is 48.4 Å². The van der Waals surface area contributed by atoms with Crippen molar-refractivity contribution in [1.29, 1.82) is 0 Å². The predicted molar refractivity (Wildman–Crippen MR) is 85.1 cm³/mol. The highest BCUT2D eigenvalue weighted by Crippen LogP contribution is 2.41. The topological polar surface area (TPSA) is 12.0 Å². The van der Waals surface area contributed by atoms with E-state index >= 15 is 0 Å². The predicted octanol–water partition coefficient (Wildman–Crippen LogP) is 5.07. The molecular formula is C18H20ClN. The van der Waals surface area contributed by atoms with Crippen LogP contribution in [0.25, 0.3) is 0 Å². The quantitative estimate of drug-likeness (QED) is 0.809. The van der Waals surface area contributed by atoms with Gasteiger partial charge < -0.3 is 5.32 Å². The number of halogens is 1. The molecule has 1 saturated carbocycles. The first kappa shape index (κ1) is 13.7. The molecule has 3 rings (SSSR count). The smallest absolute Gasteiger partial charge is 0.0406 e. The Morgan fingerprint density at radius 3 is 2.50 bits per heavy atom. The van der Waals surface area contributed by atoms with Crippen LogP contribution in [0, 0.1) is 0 Å². The van der Waals surface area contributed by atoms with Crippen molar-refractivity contribution >= 4 is 11.6 Å². The number of hydrogen-bond donors (Lipinski definition) is 1. The molecule has 0 spiro atoms. The minimum absolute atomic E-state index is 0.333. The van der Waals surface area contributed by atoms with Crippen LogP contribution in [-0.4, -0.2) is 0 Å². The van der Waals surface area contributed by atoms with Gasteiger partial charge in [0.15, 0.2) is 0 Å². The normalized spacial score (nSPS) is 16.1. The van der Waals surface area contributed by atoms with Gasteiger partial charge in [-0.2, -0.15) is 0 Å². The van der Waals surface area contributed by atoms with Crippen LogP contribution in [0.4, 0.5) is 0 Å². The minimum atomic E-state index is 0.333. The Labute approximate surface area is 126 Å². The Morgan fingerprint density at radius 2 is 1.80 bits per heavy atom. The van der Waals surface area contributed by atoms with Gasteiger partial charge in [-0.25, -0.2) is 0 Å². The molecule has 0 radical (unpaired) electrons. The first-order valence-corrected chi connectivity index (χ1v) is 7.68. The lowest BCUT2D eigenvalue weighted by Crippen LogP contribution is -2.18. The zero-order chi connectivity index (χ0) is 13.9. The number of nitrogens with one attached hydrogen (secondary N) is 1. The van der Waals surface area contributed by atoms with Gasteiger partial charge in [0.05, 0.1) is 0 Å². The van der Waals surface area contributed by atoms with Gasteiger partial charge in [-0.3, -0.25) is 0 Å². The summed E-state index contributed by atoms with van der Waals surface area (Å²) in [4.78, 5) is 0. The van der Waals surface area contributed by atoms with E-state index in [4.69, 9.17) is 11.6 Å². The zero-order valence-corrected chi connectivity index (χ0v) is 12.5. The summed E-state index contributed by atoms with van der Waals surface area (Å²) in [6.45, 7) is 3.12. The number of hydrogen-bond acceptors (Lipinski definition) is 1. The molecule has 20 heavy (non-hydrogen) atoms.